The number of carbonyl (C=O) groups excluding carboxylic acids is 1. The van der Waals surface area contributed by atoms with E-state index >= 15 is 0 Å². The van der Waals surface area contributed by atoms with E-state index in [-0.39, 0.29) is 11.7 Å². The van der Waals surface area contributed by atoms with Crippen molar-refractivity contribution >= 4 is 28.6 Å². The van der Waals surface area contributed by atoms with Crippen molar-refractivity contribution in [3.63, 3.8) is 0 Å². The van der Waals surface area contributed by atoms with Crippen LogP contribution in [0.2, 0.25) is 0 Å². The lowest BCUT2D eigenvalue weighted by Gasteiger charge is -1.96. The van der Waals surface area contributed by atoms with Crippen LogP contribution in [0.25, 0.3) is 17.5 Å². The predicted molar refractivity (Wildman–Crippen MR) is 87.2 cm³/mol. The standard InChI is InChI=1S/C16H11FN4OS/c17-13-6-4-12(5-7-13)15-20-16(23-21-15)19-14(22)8-3-11-2-1-9-18-10-11/h1-10H,(H,19,20,21,22)/b8-3+. The first-order valence-electron chi connectivity index (χ1n) is 6.69. The molecule has 0 saturated carbocycles. The van der Waals surface area contributed by atoms with Crippen LogP contribution in [0.4, 0.5) is 9.52 Å². The molecule has 0 aliphatic carbocycles. The molecule has 7 heteroatoms. The third kappa shape index (κ3) is 4.04. The molecule has 0 unspecified atom stereocenters. The number of pyridine rings is 1. The van der Waals surface area contributed by atoms with Gasteiger partial charge in [0.15, 0.2) is 5.82 Å². The van der Waals surface area contributed by atoms with Gasteiger partial charge in [0.05, 0.1) is 0 Å². The molecule has 0 spiro atoms. The summed E-state index contributed by atoms with van der Waals surface area (Å²) in [6.07, 6.45) is 6.37. The van der Waals surface area contributed by atoms with Crippen LogP contribution < -0.4 is 5.32 Å². The molecular formula is C16H11FN4OS. The van der Waals surface area contributed by atoms with Gasteiger partial charge in [0.2, 0.25) is 11.0 Å². The zero-order valence-electron chi connectivity index (χ0n) is 11.8. The summed E-state index contributed by atoms with van der Waals surface area (Å²) in [7, 11) is 0. The summed E-state index contributed by atoms with van der Waals surface area (Å²) in [5.74, 6) is -0.185. The number of rotatable bonds is 4. The highest BCUT2D eigenvalue weighted by Crippen LogP contribution is 2.21. The topological polar surface area (TPSA) is 67.8 Å². The van der Waals surface area contributed by atoms with Gasteiger partial charge >= 0.3 is 0 Å². The fourth-order valence-corrected chi connectivity index (χ4v) is 2.38. The maximum absolute atomic E-state index is 12.9. The molecule has 3 aromatic rings. The van der Waals surface area contributed by atoms with Crippen LogP contribution in [-0.2, 0) is 4.79 Å². The highest BCUT2D eigenvalue weighted by atomic mass is 32.1. The van der Waals surface area contributed by atoms with Gasteiger partial charge in [-0.3, -0.25) is 15.1 Å². The number of halogens is 1. The maximum Gasteiger partial charge on any atom is 0.250 e. The average Bonchev–Trinajstić information content (AvgIpc) is 3.03. The van der Waals surface area contributed by atoms with Crippen molar-refractivity contribution in [1.29, 1.82) is 0 Å². The number of carbonyl (C=O) groups is 1. The van der Waals surface area contributed by atoms with Gasteiger partial charge in [-0.15, -0.1) is 0 Å². The second kappa shape index (κ2) is 6.89. The molecule has 1 aromatic carbocycles. The van der Waals surface area contributed by atoms with E-state index in [0.717, 1.165) is 17.1 Å². The van der Waals surface area contributed by atoms with Gasteiger partial charge in [0.1, 0.15) is 5.82 Å². The van der Waals surface area contributed by atoms with E-state index in [2.05, 4.69) is 19.7 Å². The van der Waals surface area contributed by atoms with Crippen molar-refractivity contribution in [3.05, 3.63) is 66.2 Å². The Morgan fingerprint density at radius 2 is 2.04 bits per heavy atom. The first kappa shape index (κ1) is 15.0. The van der Waals surface area contributed by atoms with Gasteiger partial charge in [-0.25, -0.2) is 4.39 Å². The van der Waals surface area contributed by atoms with Crippen LogP contribution in [0.15, 0.2) is 54.9 Å². The second-order valence-corrected chi connectivity index (χ2v) is 5.29. The number of nitrogens with zero attached hydrogens (tertiary/aromatic N) is 3. The number of aromatic nitrogens is 3. The molecule has 2 aromatic heterocycles. The molecule has 114 valence electrons. The predicted octanol–water partition coefficient (Wildman–Crippen LogP) is 3.39. The van der Waals surface area contributed by atoms with Gasteiger partial charge in [-0.1, -0.05) is 6.07 Å². The quantitative estimate of drug-likeness (QED) is 0.746. The third-order valence-corrected chi connectivity index (χ3v) is 3.50. The van der Waals surface area contributed by atoms with E-state index in [4.69, 9.17) is 0 Å². The van der Waals surface area contributed by atoms with E-state index < -0.39 is 0 Å². The molecule has 0 saturated heterocycles. The molecule has 0 radical (unpaired) electrons. The van der Waals surface area contributed by atoms with Gasteiger partial charge in [0.25, 0.3) is 0 Å². The van der Waals surface area contributed by atoms with Gasteiger partial charge < -0.3 is 0 Å². The third-order valence-electron chi connectivity index (χ3n) is 2.87. The highest BCUT2D eigenvalue weighted by Gasteiger charge is 2.08. The van der Waals surface area contributed by atoms with Gasteiger partial charge in [-0.05, 0) is 42.0 Å². The monoisotopic (exact) mass is 326 g/mol. The molecule has 3 rings (SSSR count). The maximum atomic E-state index is 12.9. The van der Waals surface area contributed by atoms with Crippen LogP contribution in [0.5, 0.6) is 0 Å². The lowest BCUT2D eigenvalue weighted by molar-refractivity contribution is -0.111. The average molecular weight is 326 g/mol. The Labute approximate surface area is 135 Å². The minimum absolute atomic E-state index is 0.310. The number of nitrogens with one attached hydrogen (secondary N) is 1. The highest BCUT2D eigenvalue weighted by molar-refractivity contribution is 7.10. The van der Waals surface area contributed by atoms with Crippen molar-refractivity contribution in [3.8, 4) is 11.4 Å². The minimum atomic E-state index is -0.321. The number of benzene rings is 1. The number of hydrogen-bond donors (Lipinski definition) is 1. The zero-order valence-corrected chi connectivity index (χ0v) is 12.6. The van der Waals surface area contributed by atoms with Crippen molar-refractivity contribution in [2.24, 2.45) is 0 Å². The summed E-state index contributed by atoms with van der Waals surface area (Å²) >= 11 is 1.07. The summed E-state index contributed by atoms with van der Waals surface area (Å²) in [5.41, 5.74) is 1.51. The Bertz CT molecular complexity index is 831. The van der Waals surface area contributed by atoms with E-state index in [1.54, 1.807) is 36.7 Å². The molecule has 0 bridgehead atoms. The Hall–Kier alpha value is -2.93. The Kier molecular flexibility index (Phi) is 4.49. The van der Waals surface area contributed by atoms with E-state index in [1.165, 1.54) is 18.2 Å². The first-order valence-corrected chi connectivity index (χ1v) is 7.47. The van der Waals surface area contributed by atoms with Crippen molar-refractivity contribution in [1.82, 2.24) is 14.3 Å². The van der Waals surface area contributed by atoms with E-state index in [9.17, 15) is 9.18 Å². The first-order chi connectivity index (χ1) is 11.2. The smallest absolute Gasteiger partial charge is 0.250 e. The molecule has 1 N–H and O–H groups in total. The van der Waals surface area contributed by atoms with Crippen LogP contribution in [0.3, 0.4) is 0 Å². The molecule has 23 heavy (non-hydrogen) atoms. The molecule has 0 aliphatic rings. The molecule has 0 aliphatic heterocycles. The summed E-state index contributed by atoms with van der Waals surface area (Å²) in [5, 5.41) is 3.02. The van der Waals surface area contributed by atoms with Crippen molar-refractivity contribution in [2.45, 2.75) is 0 Å². The Morgan fingerprint density at radius 3 is 2.78 bits per heavy atom. The fraction of sp³-hybridized carbons (Fsp3) is 0. The van der Waals surface area contributed by atoms with Crippen LogP contribution in [0, 0.1) is 5.82 Å². The van der Waals surface area contributed by atoms with Gasteiger partial charge in [0, 0.05) is 35.6 Å². The zero-order chi connectivity index (χ0) is 16.1. The minimum Gasteiger partial charge on any atom is -0.297 e. The van der Waals surface area contributed by atoms with Crippen LogP contribution in [-0.4, -0.2) is 20.2 Å². The number of hydrogen-bond acceptors (Lipinski definition) is 5. The van der Waals surface area contributed by atoms with Gasteiger partial charge in [-0.2, -0.15) is 9.36 Å². The molecule has 1 amide bonds. The second-order valence-electron chi connectivity index (χ2n) is 4.54. The molecule has 5 nitrogen and oxygen atoms in total. The normalized spacial score (nSPS) is 10.8. The summed E-state index contributed by atoms with van der Waals surface area (Å²) in [4.78, 5) is 20.0. The summed E-state index contributed by atoms with van der Waals surface area (Å²) in [6.45, 7) is 0. The summed E-state index contributed by atoms with van der Waals surface area (Å²) < 4.78 is 17.0. The van der Waals surface area contributed by atoms with Crippen LogP contribution in [0.1, 0.15) is 5.56 Å². The number of anilines is 1. The fourth-order valence-electron chi connectivity index (χ4n) is 1.78. The SMILES string of the molecule is O=C(/C=C/c1cccnc1)Nc1nc(-c2ccc(F)cc2)ns1. The van der Waals surface area contributed by atoms with Crippen LogP contribution >= 0.6 is 11.5 Å². The number of amides is 1. The van der Waals surface area contributed by atoms with E-state index in [1.807, 2.05) is 6.07 Å². The Balaban J connectivity index is 1.66. The Morgan fingerprint density at radius 1 is 1.22 bits per heavy atom. The molecule has 0 fully saturated rings. The largest absolute Gasteiger partial charge is 0.297 e. The van der Waals surface area contributed by atoms with E-state index in [0.29, 0.717) is 16.5 Å². The summed E-state index contributed by atoms with van der Waals surface area (Å²) in [6, 6.07) is 9.48. The molecule has 2 heterocycles. The molecule has 0 atom stereocenters. The van der Waals surface area contributed by atoms with Crippen molar-refractivity contribution in [2.75, 3.05) is 5.32 Å². The lowest BCUT2D eigenvalue weighted by atomic mass is 10.2. The molecular weight excluding hydrogens is 315 g/mol. The van der Waals surface area contributed by atoms with Crippen molar-refractivity contribution < 1.29 is 9.18 Å². The lowest BCUT2D eigenvalue weighted by Crippen LogP contribution is -2.07.